The van der Waals surface area contributed by atoms with E-state index in [4.69, 9.17) is 79.1 Å². The molecular formula is C23H17Cl6N3O2. The third-order valence-corrected chi connectivity index (χ3v) is 5.76. The molecule has 3 aromatic rings. The molecule has 178 valence electrons. The Balaban J connectivity index is 2.19. The predicted octanol–water partition coefficient (Wildman–Crippen LogP) is 7.71. The fourth-order valence-corrected chi connectivity index (χ4v) is 3.82. The number of aromatic nitrogens is 3. The zero-order valence-electron chi connectivity index (χ0n) is 17.8. The van der Waals surface area contributed by atoms with E-state index in [2.05, 4.69) is 15.0 Å². The number of para-hydroxylation sites is 2. The van der Waals surface area contributed by atoms with Gasteiger partial charge < -0.3 is 9.47 Å². The third-order valence-electron chi connectivity index (χ3n) is 4.54. The molecule has 11 heteroatoms. The summed E-state index contributed by atoms with van der Waals surface area (Å²) in [6.45, 7) is 0. The van der Waals surface area contributed by atoms with Crippen molar-refractivity contribution < 1.29 is 9.47 Å². The number of nitrogens with zero attached hydrogens (tertiary/aromatic N) is 3. The van der Waals surface area contributed by atoms with E-state index in [1.165, 1.54) is 6.33 Å². The standard InChI is InChI=1S/C23H17Cl6N3O2/c1-33-18-9-5-3-7-14(18)11-16(22(24,25)26)20-30-13-31-21(32-20)17(23(27,28)29)12-15-8-4-6-10-19(15)34-2/h3-13H,1-2H3. The van der Waals surface area contributed by atoms with Gasteiger partial charge in [0.05, 0.1) is 14.2 Å². The number of methoxy groups -OCH3 is 2. The monoisotopic (exact) mass is 577 g/mol. The summed E-state index contributed by atoms with van der Waals surface area (Å²) in [5, 5.41) is 0. The van der Waals surface area contributed by atoms with Crippen molar-refractivity contribution in [1.82, 2.24) is 15.0 Å². The molecule has 0 aliphatic carbocycles. The molecule has 0 aliphatic rings. The van der Waals surface area contributed by atoms with Crippen LogP contribution in [0.15, 0.2) is 54.9 Å². The highest BCUT2D eigenvalue weighted by Gasteiger charge is 2.33. The molecule has 0 fully saturated rings. The Morgan fingerprint density at radius 1 is 0.676 bits per heavy atom. The molecule has 34 heavy (non-hydrogen) atoms. The summed E-state index contributed by atoms with van der Waals surface area (Å²) >= 11 is 37.7. The lowest BCUT2D eigenvalue weighted by molar-refractivity contribution is 0.414. The molecule has 0 spiro atoms. The topological polar surface area (TPSA) is 57.1 Å². The Bertz CT molecular complexity index is 1130. The van der Waals surface area contributed by atoms with E-state index < -0.39 is 7.59 Å². The Hall–Kier alpha value is -1.73. The summed E-state index contributed by atoms with van der Waals surface area (Å²) in [6.07, 6.45) is 4.48. The number of alkyl halides is 6. The number of benzene rings is 2. The smallest absolute Gasteiger partial charge is 0.219 e. The van der Waals surface area contributed by atoms with Crippen LogP contribution in [0.25, 0.3) is 23.3 Å². The van der Waals surface area contributed by atoms with Crippen LogP contribution < -0.4 is 9.47 Å². The number of hydrogen-bond acceptors (Lipinski definition) is 5. The van der Waals surface area contributed by atoms with Gasteiger partial charge in [-0.2, -0.15) is 0 Å². The maximum Gasteiger partial charge on any atom is 0.219 e. The van der Waals surface area contributed by atoms with Gasteiger partial charge in [-0.3, -0.25) is 0 Å². The summed E-state index contributed by atoms with van der Waals surface area (Å²) in [5.41, 5.74) is 1.65. The molecule has 0 saturated heterocycles. The Labute approximate surface area is 227 Å². The van der Waals surface area contributed by atoms with Crippen LogP contribution in [0.2, 0.25) is 0 Å². The zero-order valence-corrected chi connectivity index (χ0v) is 22.3. The van der Waals surface area contributed by atoms with Crippen LogP contribution in [0, 0.1) is 0 Å². The van der Waals surface area contributed by atoms with Gasteiger partial charge in [-0.05, 0) is 24.3 Å². The predicted molar refractivity (Wildman–Crippen MR) is 142 cm³/mol. The number of ether oxygens (including phenoxy) is 2. The second-order valence-electron chi connectivity index (χ2n) is 6.73. The van der Waals surface area contributed by atoms with Crippen molar-refractivity contribution in [2.75, 3.05) is 14.2 Å². The first-order chi connectivity index (χ1) is 16.0. The molecular weight excluding hydrogens is 563 g/mol. The van der Waals surface area contributed by atoms with Crippen LogP contribution in [-0.2, 0) is 0 Å². The van der Waals surface area contributed by atoms with Gasteiger partial charge >= 0.3 is 0 Å². The van der Waals surface area contributed by atoms with Crippen molar-refractivity contribution in [1.29, 1.82) is 0 Å². The molecule has 1 heterocycles. The number of hydrogen-bond donors (Lipinski definition) is 0. The maximum atomic E-state index is 6.28. The molecule has 0 bridgehead atoms. The van der Waals surface area contributed by atoms with Crippen LogP contribution in [0.4, 0.5) is 0 Å². The van der Waals surface area contributed by atoms with Crippen molar-refractivity contribution in [2.45, 2.75) is 7.59 Å². The van der Waals surface area contributed by atoms with Crippen LogP contribution in [0.3, 0.4) is 0 Å². The lowest BCUT2D eigenvalue weighted by Crippen LogP contribution is -2.14. The van der Waals surface area contributed by atoms with Gasteiger partial charge in [0.1, 0.15) is 17.8 Å². The summed E-state index contributed by atoms with van der Waals surface area (Å²) in [4.78, 5) is 12.9. The average Bonchev–Trinajstić information content (AvgIpc) is 2.80. The first-order valence-corrected chi connectivity index (χ1v) is 11.8. The van der Waals surface area contributed by atoms with E-state index in [0.29, 0.717) is 22.6 Å². The van der Waals surface area contributed by atoms with Crippen molar-refractivity contribution in [2.24, 2.45) is 0 Å². The molecule has 0 N–H and O–H groups in total. The Kier molecular flexibility index (Phi) is 8.96. The van der Waals surface area contributed by atoms with Crippen molar-refractivity contribution in [3.05, 3.63) is 77.6 Å². The number of allylic oxidation sites excluding steroid dienone is 2. The SMILES string of the molecule is COc1ccccc1C=C(c1ncnc(C(=Cc2ccccc2OC)C(Cl)(Cl)Cl)n1)C(Cl)(Cl)Cl. The van der Waals surface area contributed by atoms with Crippen molar-refractivity contribution >= 4 is 92.9 Å². The first-order valence-electron chi connectivity index (χ1n) is 9.58. The molecule has 0 aliphatic heterocycles. The molecule has 0 radical (unpaired) electrons. The van der Waals surface area contributed by atoms with Crippen LogP contribution in [-0.4, -0.2) is 36.8 Å². The minimum absolute atomic E-state index is 0.0797. The maximum absolute atomic E-state index is 6.28. The summed E-state index contributed by atoms with van der Waals surface area (Å²) < 4.78 is 7.01. The highest BCUT2D eigenvalue weighted by atomic mass is 35.6. The molecule has 0 atom stereocenters. The van der Waals surface area contributed by atoms with Crippen molar-refractivity contribution in [3.8, 4) is 11.5 Å². The van der Waals surface area contributed by atoms with Crippen LogP contribution >= 0.6 is 69.6 Å². The summed E-state index contributed by atoms with van der Waals surface area (Å²) in [6, 6.07) is 14.4. The van der Waals surface area contributed by atoms with E-state index in [1.807, 2.05) is 24.3 Å². The minimum atomic E-state index is -1.88. The van der Waals surface area contributed by atoms with Crippen molar-refractivity contribution in [3.63, 3.8) is 0 Å². The highest BCUT2D eigenvalue weighted by Crippen LogP contribution is 2.44. The highest BCUT2D eigenvalue weighted by molar-refractivity contribution is 6.73. The molecule has 2 aromatic carbocycles. The zero-order chi connectivity index (χ0) is 24.9. The van der Waals surface area contributed by atoms with Gasteiger partial charge in [-0.25, -0.2) is 15.0 Å². The average molecular weight is 580 g/mol. The normalized spacial score (nSPS) is 13.1. The summed E-state index contributed by atoms with van der Waals surface area (Å²) in [7, 11) is 3.08. The van der Waals surface area contributed by atoms with E-state index in [1.54, 1.807) is 50.6 Å². The summed E-state index contributed by atoms with van der Waals surface area (Å²) in [5.74, 6) is 1.30. The van der Waals surface area contributed by atoms with E-state index >= 15 is 0 Å². The van der Waals surface area contributed by atoms with Gasteiger partial charge in [0.15, 0.2) is 11.6 Å². The Morgan fingerprint density at radius 3 is 1.41 bits per heavy atom. The Morgan fingerprint density at radius 2 is 1.06 bits per heavy atom. The molecule has 0 saturated carbocycles. The molecule has 0 amide bonds. The molecule has 5 nitrogen and oxygen atoms in total. The van der Waals surface area contributed by atoms with Crippen LogP contribution in [0.5, 0.6) is 11.5 Å². The van der Waals surface area contributed by atoms with Gasteiger partial charge in [0, 0.05) is 22.3 Å². The van der Waals surface area contributed by atoms with E-state index in [-0.39, 0.29) is 22.8 Å². The lowest BCUT2D eigenvalue weighted by Gasteiger charge is -2.18. The number of halogens is 6. The largest absolute Gasteiger partial charge is 0.496 e. The molecule has 1 aromatic heterocycles. The van der Waals surface area contributed by atoms with E-state index in [9.17, 15) is 0 Å². The van der Waals surface area contributed by atoms with Gasteiger partial charge in [-0.1, -0.05) is 106 Å². The minimum Gasteiger partial charge on any atom is -0.496 e. The molecule has 0 unspecified atom stereocenters. The first kappa shape index (κ1) is 26.9. The quantitative estimate of drug-likeness (QED) is 0.280. The second-order valence-corrected chi connectivity index (χ2v) is 11.3. The van der Waals surface area contributed by atoms with Crippen LogP contribution in [0.1, 0.15) is 22.8 Å². The third kappa shape index (κ3) is 6.69. The van der Waals surface area contributed by atoms with E-state index in [0.717, 1.165) is 0 Å². The second kappa shape index (κ2) is 11.3. The molecule has 3 rings (SSSR count). The van der Waals surface area contributed by atoms with Gasteiger partial charge in [-0.15, -0.1) is 0 Å². The fourth-order valence-electron chi connectivity index (χ4n) is 2.98. The van der Waals surface area contributed by atoms with Gasteiger partial charge in [0.25, 0.3) is 0 Å². The lowest BCUT2D eigenvalue weighted by atomic mass is 10.1. The van der Waals surface area contributed by atoms with Gasteiger partial charge in [0.2, 0.25) is 7.59 Å². The fraction of sp³-hybridized carbons (Fsp3) is 0.174. The number of rotatable bonds is 6.